The Morgan fingerprint density at radius 3 is 2.69 bits per heavy atom. The number of carbonyl (C=O) groups is 1. The molecule has 2 aromatic rings. The van der Waals surface area contributed by atoms with Crippen molar-refractivity contribution in [1.82, 2.24) is 4.57 Å². The van der Waals surface area contributed by atoms with Gasteiger partial charge < -0.3 is 9.30 Å². The molecule has 1 aliphatic carbocycles. The van der Waals surface area contributed by atoms with Gasteiger partial charge in [-0.05, 0) is 38.3 Å². The standard InChI is InChI=1S/C20H21ClFNO3/c1-11(8-13-4-5-13)23-10-17(26-3)15(9-18(23)25)19-14(12(2)24)6-7-16(21)20(19)22/h6-7,9-11,13H,4-5,8H2,1-3H3. The lowest BCUT2D eigenvalue weighted by Gasteiger charge is -2.19. The van der Waals surface area contributed by atoms with Gasteiger partial charge in [0.25, 0.3) is 5.56 Å². The molecule has 4 nitrogen and oxygen atoms in total. The van der Waals surface area contributed by atoms with Crippen LogP contribution in [0.4, 0.5) is 4.39 Å². The highest BCUT2D eigenvalue weighted by molar-refractivity contribution is 6.31. The van der Waals surface area contributed by atoms with Gasteiger partial charge in [0.2, 0.25) is 0 Å². The number of hydrogen-bond donors (Lipinski definition) is 0. The van der Waals surface area contributed by atoms with Gasteiger partial charge in [-0.15, -0.1) is 0 Å². The molecule has 3 rings (SSSR count). The van der Waals surface area contributed by atoms with Gasteiger partial charge in [0, 0.05) is 28.8 Å². The number of carbonyl (C=O) groups excluding carboxylic acids is 1. The van der Waals surface area contributed by atoms with Gasteiger partial charge in [0.1, 0.15) is 11.6 Å². The summed E-state index contributed by atoms with van der Waals surface area (Å²) in [5.74, 6) is -0.0575. The van der Waals surface area contributed by atoms with Crippen LogP contribution in [0.15, 0.2) is 29.2 Å². The number of hydrogen-bond acceptors (Lipinski definition) is 3. The smallest absolute Gasteiger partial charge is 0.251 e. The van der Waals surface area contributed by atoms with E-state index in [0.29, 0.717) is 11.7 Å². The van der Waals surface area contributed by atoms with Crippen molar-refractivity contribution in [1.29, 1.82) is 0 Å². The van der Waals surface area contributed by atoms with Crippen LogP contribution in [-0.2, 0) is 0 Å². The van der Waals surface area contributed by atoms with E-state index in [4.69, 9.17) is 16.3 Å². The van der Waals surface area contributed by atoms with Crippen LogP contribution in [0.3, 0.4) is 0 Å². The molecular weight excluding hydrogens is 357 g/mol. The van der Waals surface area contributed by atoms with E-state index in [0.717, 1.165) is 6.42 Å². The summed E-state index contributed by atoms with van der Waals surface area (Å²) in [7, 11) is 1.45. The molecule has 138 valence electrons. The van der Waals surface area contributed by atoms with Crippen LogP contribution in [0.2, 0.25) is 5.02 Å². The minimum Gasteiger partial charge on any atom is -0.495 e. The number of halogens is 2. The van der Waals surface area contributed by atoms with E-state index >= 15 is 0 Å². The molecule has 0 N–H and O–H groups in total. The normalized spacial score (nSPS) is 15.0. The van der Waals surface area contributed by atoms with Crippen LogP contribution in [-0.4, -0.2) is 17.5 Å². The molecule has 26 heavy (non-hydrogen) atoms. The van der Waals surface area contributed by atoms with Crippen molar-refractivity contribution in [3.63, 3.8) is 0 Å². The van der Waals surface area contributed by atoms with Gasteiger partial charge in [-0.25, -0.2) is 4.39 Å². The van der Waals surface area contributed by atoms with E-state index in [-0.39, 0.29) is 39.1 Å². The van der Waals surface area contributed by atoms with E-state index in [2.05, 4.69) is 0 Å². The van der Waals surface area contributed by atoms with Crippen molar-refractivity contribution in [2.75, 3.05) is 7.11 Å². The van der Waals surface area contributed by atoms with Crippen molar-refractivity contribution in [2.24, 2.45) is 5.92 Å². The molecule has 0 amide bonds. The number of ketones is 1. The third-order valence-corrected chi connectivity index (χ3v) is 5.15. The first-order valence-electron chi connectivity index (χ1n) is 8.63. The second kappa shape index (κ2) is 7.23. The highest BCUT2D eigenvalue weighted by Crippen LogP contribution is 2.39. The summed E-state index contributed by atoms with van der Waals surface area (Å²) < 4.78 is 21.8. The number of benzene rings is 1. The minimum atomic E-state index is -0.735. The van der Waals surface area contributed by atoms with Gasteiger partial charge in [-0.3, -0.25) is 9.59 Å². The SMILES string of the molecule is COc1cn(C(C)CC2CC2)c(=O)cc1-c1c(C(C)=O)ccc(Cl)c1F. The highest BCUT2D eigenvalue weighted by Gasteiger charge is 2.26. The summed E-state index contributed by atoms with van der Waals surface area (Å²) in [6.07, 6.45) is 4.91. The van der Waals surface area contributed by atoms with Crippen molar-refractivity contribution in [3.8, 4) is 16.9 Å². The predicted octanol–water partition coefficient (Wildman–Crippen LogP) is 4.88. The van der Waals surface area contributed by atoms with Crippen LogP contribution in [0.5, 0.6) is 5.75 Å². The molecule has 0 aliphatic heterocycles. The molecule has 0 spiro atoms. The summed E-state index contributed by atoms with van der Waals surface area (Å²) in [5, 5.41) is -0.113. The zero-order valence-corrected chi connectivity index (χ0v) is 15.8. The summed E-state index contributed by atoms with van der Waals surface area (Å²) >= 11 is 5.91. The minimum absolute atomic E-state index is 0.000876. The molecule has 1 aliphatic rings. The van der Waals surface area contributed by atoms with Crippen LogP contribution in [0, 0.1) is 11.7 Å². The number of methoxy groups -OCH3 is 1. The summed E-state index contributed by atoms with van der Waals surface area (Å²) in [5.41, 5.74) is 0.134. The van der Waals surface area contributed by atoms with Crippen molar-refractivity contribution < 1.29 is 13.9 Å². The third kappa shape index (κ3) is 3.54. The second-order valence-electron chi connectivity index (χ2n) is 6.87. The molecule has 1 aromatic heterocycles. The van der Waals surface area contributed by atoms with Gasteiger partial charge in [0.05, 0.1) is 18.3 Å². The maximum atomic E-state index is 14.7. The highest BCUT2D eigenvalue weighted by atomic mass is 35.5. The number of Topliss-reactive ketones (excluding diaryl/α,β-unsaturated/α-hetero) is 1. The van der Waals surface area contributed by atoms with Crippen LogP contribution >= 0.6 is 11.6 Å². The quantitative estimate of drug-likeness (QED) is 0.674. The van der Waals surface area contributed by atoms with E-state index in [1.54, 1.807) is 10.8 Å². The maximum absolute atomic E-state index is 14.7. The predicted molar refractivity (Wildman–Crippen MR) is 99.7 cm³/mol. The molecule has 1 saturated carbocycles. The first-order valence-corrected chi connectivity index (χ1v) is 9.00. The molecule has 1 atom stereocenters. The van der Waals surface area contributed by atoms with Crippen LogP contribution in [0.25, 0.3) is 11.1 Å². The fraction of sp³-hybridized carbons (Fsp3) is 0.400. The lowest BCUT2D eigenvalue weighted by molar-refractivity contribution is 0.101. The Balaban J connectivity index is 2.17. The van der Waals surface area contributed by atoms with E-state index in [1.807, 2.05) is 6.92 Å². The molecule has 0 bridgehead atoms. The molecule has 6 heteroatoms. The number of aromatic nitrogens is 1. The summed E-state index contributed by atoms with van der Waals surface area (Å²) in [6.45, 7) is 3.33. The molecule has 1 heterocycles. The van der Waals surface area contributed by atoms with Crippen molar-refractivity contribution in [3.05, 3.63) is 51.2 Å². The van der Waals surface area contributed by atoms with E-state index < -0.39 is 5.82 Å². The fourth-order valence-electron chi connectivity index (χ4n) is 3.29. The van der Waals surface area contributed by atoms with Gasteiger partial charge in [-0.1, -0.05) is 24.4 Å². The summed E-state index contributed by atoms with van der Waals surface area (Å²) in [6, 6.07) is 4.14. The maximum Gasteiger partial charge on any atom is 0.251 e. The van der Waals surface area contributed by atoms with Gasteiger partial charge >= 0.3 is 0 Å². The monoisotopic (exact) mass is 377 g/mol. The number of rotatable bonds is 6. The third-order valence-electron chi connectivity index (χ3n) is 4.85. The molecule has 1 fully saturated rings. The molecule has 0 saturated heterocycles. The Morgan fingerprint density at radius 1 is 1.42 bits per heavy atom. The Labute approximate surface area is 156 Å². The van der Waals surface area contributed by atoms with E-state index in [1.165, 1.54) is 45.1 Å². The molecule has 1 unspecified atom stereocenters. The zero-order chi connectivity index (χ0) is 19.0. The first kappa shape index (κ1) is 18.6. The van der Waals surface area contributed by atoms with Crippen LogP contribution < -0.4 is 10.3 Å². The molecular formula is C20H21ClFNO3. The van der Waals surface area contributed by atoms with Crippen molar-refractivity contribution in [2.45, 2.75) is 39.2 Å². The zero-order valence-electron chi connectivity index (χ0n) is 15.0. The number of nitrogens with zero attached hydrogens (tertiary/aromatic N) is 1. The topological polar surface area (TPSA) is 48.3 Å². The Bertz CT molecular complexity index is 918. The molecule has 0 radical (unpaired) electrons. The second-order valence-corrected chi connectivity index (χ2v) is 7.28. The largest absolute Gasteiger partial charge is 0.495 e. The van der Waals surface area contributed by atoms with Gasteiger partial charge in [0.15, 0.2) is 5.78 Å². The first-order chi connectivity index (χ1) is 12.3. The average Bonchev–Trinajstić information content (AvgIpc) is 3.40. The van der Waals surface area contributed by atoms with Gasteiger partial charge in [-0.2, -0.15) is 0 Å². The number of ether oxygens (including phenoxy) is 1. The number of pyridine rings is 1. The summed E-state index contributed by atoms with van der Waals surface area (Å²) in [4.78, 5) is 24.6. The Kier molecular flexibility index (Phi) is 5.19. The van der Waals surface area contributed by atoms with Crippen molar-refractivity contribution >= 4 is 17.4 Å². The Morgan fingerprint density at radius 2 is 2.12 bits per heavy atom. The lowest BCUT2D eigenvalue weighted by Crippen LogP contribution is -2.23. The van der Waals surface area contributed by atoms with Crippen LogP contribution in [0.1, 0.15) is 49.5 Å². The average molecular weight is 378 g/mol. The lowest BCUT2D eigenvalue weighted by atomic mass is 9.96. The fourth-order valence-corrected chi connectivity index (χ4v) is 3.45. The molecule has 1 aromatic carbocycles. The Hall–Kier alpha value is -2.14. The van der Waals surface area contributed by atoms with E-state index in [9.17, 15) is 14.0 Å².